The van der Waals surface area contributed by atoms with Crippen LogP contribution in [0.3, 0.4) is 0 Å². The highest BCUT2D eigenvalue weighted by atomic mass is 16.2. The Balaban J connectivity index is 1.68. The van der Waals surface area contributed by atoms with E-state index in [2.05, 4.69) is 31.0 Å². The summed E-state index contributed by atoms with van der Waals surface area (Å²) in [6, 6.07) is -0.372. The Morgan fingerprint density at radius 1 is 1.18 bits per heavy atom. The van der Waals surface area contributed by atoms with Gasteiger partial charge in [0.15, 0.2) is 0 Å². The monoisotopic (exact) mass is 390 g/mol. The SMILES string of the molecule is CC(C)(C)[C@H](N)CN1CCCC1C(=O)NC(CC1CCC1)C(C(N)=O)=C1CC1. The topological polar surface area (TPSA) is 101 Å². The van der Waals surface area contributed by atoms with Crippen LogP contribution in [0.5, 0.6) is 0 Å². The van der Waals surface area contributed by atoms with Crippen molar-refractivity contribution < 1.29 is 9.59 Å². The number of carbonyl (C=O) groups excluding carboxylic acids is 2. The van der Waals surface area contributed by atoms with Crippen LogP contribution in [0.25, 0.3) is 0 Å². The summed E-state index contributed by atoms with van der Waals surface area (Å²) >= 11 is 0. The Kier molecular flexibility index (Phi) is 6.50. The molecule has 0 aromatic heterocycles. The molecule has 28 heavy (non-hydrogen) atoms. The molecule has 158 valence electrons. The second-order valence-corrected chi connectivity index (χ2v) is 10.1. The lowest BCUT2D eigenvalue weighted by Gasteiger charge is -2.35. The first kappa shape index (κ1) is 21.3. The maximum Gasteiger partial charge on any atom is 0.246 e. The molecule has 0 aromatic rings. The van der Waals surface area contributed by atoms with Crippen LogP contribution in [0.4, 0.5) is 0 Å². The number of rotatable bonds is 8. The summed E-state index contributed by atoms with van der Waals surface area (Å²) in [6.45, 7) is 8.03. The molecule has 0 spiro atoms. The molecule has 2 saturated carbocycles. The van der Waals surface area contributed by atoms with Crippen molar-refractivity contribution in [3.05, 3.63) is 11.1 Å². The van der Waals surface area contributed by atoms with Gasteiger partial charge in [0.25, 0.3) is 0 Å². The molecule has 2 aliphatic carbocycles. The van der Waals surface area contributed by atoms with Crippen LogP contribution in [0, 0.1) is 11.3 Å². The highest BCUT2D eigenvalue weighted by Gasteiger charge is 2.37. The van der Waals surface area contributed by atoms with Gasteiger partial charge in [0.1, 0.15) is 0 Å². The number of hydrogen-bond donors (Lipinski definition) is 3. The van der Waals surface area contributed by atoms with Gasteiger partial charge in [-0.2, -0.15) is 0 Å². The molecule has 2 amide bonds. The van der Waals surface area contributed by atoms with E-state index in [0.717, 1.165) is 50.8 Å². The van der Waals surface area contributed by atoms with Gasteiger partial charge in [-0.3, -0.25) is 14.5 Å². The van der Waals surface area contributed by atoms with Gasteiger partial charge in [-0.15, -0.1) is 0 Å². The van der Waals surface area contributed by atoms with Crippen molar-refractivity contribution >= 4 is 11.8 Å². The zero-order valence-electron chi connectivity index (χ0n) is 17.8. The lowest BCUT2D eigenvalue weighted by atomic mass is 9.79. The third-order valence-corrected chi connectivity index (χ3v) is 6.81. The van der Waals surface area contributed by atoms with Gasteiger partial charge in [0.05, 0.1) is 12.1 Å². The molecule has 0 aromatic carbocycles. The van der Waals surface area contributed by atoms with Crippen LogP contribution >= 0.6 is 0 Å². The minimum Gasteiger partial charge on any atom is -0.366 e. The average molecular weight is 391 g/mol. The van der Waals surface area contributed by atoms with E-state index in [1.54, 1.807) is 0 Å². The molecule has 3 aliphatic rings. The number of hydrogen-bond acceptors (Lipinski definition) is 4. The molecule has 1 saturated heterocycles. The Morgan fingerprint density at radius 2 is 1.86 bits per heavy atom. The molecule has 6 heteroatoms. The van der Waals surface area contributed by atoms with Crippen molar-refractivity contribution in [2.45, 2.75) is 90.3 Å². The zero-order chi connectivity index (χ0) is 20.5. The van der Waals surface area contributed by atoms with Crippen LogP contribution in [-0.4, -0.2) is 47.9 Å². The van der Waals surface area contributed by atoms with E-state index in [-0.39, 0.29) is 35.4 Å². The van der Waals surface area contributed by atoms with E-state index < -0.39 is 0 Å². The number of nitrogens with one attached hydrogen (secondary N) is 1. The summed E-state index contributed by atoms with van der Waals surface area (Å²) in [4.78, 5) is 27.5. The minimum atomic E-state index is -0.366. The molecule has 1 heterocycles. The van der Waals surface area contributed by atoms with Crippen molar-refractivity contribution in [2.24, 2.45) is 22.8 Å². The van der Waals surface area contributed by atoms with Gasteiger partial charge >= 0.3 is 0 Å². The molecule has 3 atom stereocenters. The second-order valence-electron chi connectivity index (χ2n) is 10.1. The number of allylic oxidation sites excluding steroid dienone is 1. The first-order chi connectivity index (χ1) is 13.2. The standard InChI is InChI=1S/C22H38N4O2/c1-22(2,3)18(23)13-26-11-5-8-17(26)21(28)25-16(12-14-6-4-7-14)19(20(24)27)15-9-10-15/h14,16-18H,4-13,23H2,1-3H3,(H2,24,27)(H,25,28)/t16?,17?,18-/m1/s1. The van der Waals surface area contributed by atoms with Crippen LogP contribution < -0.4 is 16.8 Å². The first-order valence-electron chi connectivity index (χ1n) is 11.0. The molecular formula is C22H38N4O2. The number of likely N-dealkylation sites (tertiary alicyclic amines) is 1. The number of carbonyl (C=O) groups is 2. The van der Waals surface area contributed by atoms with Crippen LogP contribution in [0.2, 0.25) is 0 Å². The molecule has 6 nitrogen and oxygen atoms in total. The fourth-order valence-electron chi connectivity index (χ4n) is 4.37. The maximum atomic E-state index is 13.2. The van der Waals surface area contributed by atoms with Gasteiger partial charge in [-0.1, -0.05) is 45.6 Å². The minimum absolute atomic E-state index is 0.00586. The third kappa shape index (κ3) is 5.15. The predicted octanol–water partition coefficient (Wildman–Crippen LogP) is 2.07. The highest BCUT2D eigenvalue weighted by Crippen LogP contribution is 2.37. The quantitative estimate of drug-likeness (QED) is 0.552. The molecule has 2 unspecified atom stereocenters. The van der Waals surface area contributed by atoms with E-state index in [0.29, 0.717) is 11.5 Å². The molecule has 5 N–H and O–H groups in total. The maximum absolute atomic E-state index is 13.2. The van der Waals surface area contributed by atoms with E-state index in [4.69, 9.17) is 11.5 Å². The average Bonchev–Trinajstić information content (AvgIpc) is 3.26. The summed E-state index contributed by atoms with van der Waals surface area (Å²) in [5, 5.41) is 3.22. The van der Waals surface area contributed by atoms with Crippen molar-refractivity contribution in [3.8, 4) is 0 Å². The summed E-state index contributed by atoms with van der Waals surface area (Å²) in [6.07, 6.45) is 8.17. The molecule has 0 radical (unpaired) electrons. The lowest BCUT2D eigenvalue weighted by Crippen LogP contribution is -2.53. The largest absolute Gasteiger partial charge is 0.366 e. The highest BCUT2D eigenvalue weighted by molar-refractivity contribution is 5.96. The molecule has 0 bridgehead atoms. The van der Waals surface area contributed by atoms with E-state index in [1.807, 2.05) is 0 Å². The normalized spacial score (nSPS) is 25.1. The number of nitrogens with zero attached hydrogens (tertiary/aromatic N) is 1. The summed E-state index contributed by atoms with van der Waals surface area (Å²) in [5.74, 6) is 0.256. The second kappa shape index (κ2) is 8.54. The lowest BCUT2D eigenvalue weighted by molar-refractivity contribution is -0.126. The first-order valence-corrected chi connectivity index (χ1v) is 11.0. The summed E-state index contributed by atoms with van der Waals surface area (Å²) in [7, 11) is 0. The smallest absolute Gasteiger partial charge is 0.246 e. The molecule has 3 rings (SSSR count). The summed E-state index contributed by atoms with van der Waals surface area (Å²) < 4.78 is 0. The van der Waals surface area contributed by atoms with Gasteiger partial charge in [0, 0.05) is 18.2 Å². The van der Waals surface area contributed by atoms with Crippen molar-refractivity contribution in [2.75, 3.05) is 13.1 Å². The fourth-order valence-corrected chi connectivity index (χ4v) is 4.37. The number of amides is 2. The number of nitrogens with two attached hydrogens (primary N) is 2. The van der Waals surface area contributed by atoms with Gasteiger partial charge < -0.3 is 16.8 Å². The third-order valence-electron chi connectivity index (χ3n) is 6.81. The summed E-state index contributed by atoms with van der Waals surface area (Å²) in [5.41, 5.74) is 13.9. The van der Waals surface area contributed by atoms with E-state index in [9.17, 15) is 9.59 Å². The Bertz CT molecular complexity index is 627. The van der Waals surface area contributed by atoms with Crippen LogP contribution in [-0.2, 0) is 9.59 Å². The molecule has 3 fully saturated rings. The zero-order valence-corrected chi connectivity index (χ0v) is 17.8. The van der Waals surface area contributed by atoms with Crippen LogP contribution in [0.1, 0.15) is 72.1 Å². The van der Waals surface area contributed by atoms with Crippen molar-refractivity contribution in [1.82, 2.24) is 10.2 Å². The van der Waals surface area contributed by atoms with E-state index >= 15 is 0 Å². The number of primary amides is 1. The Morgan fingerprint density at radius 3 is 2.36 bits per heavy atom. The predicted molar refractivity (Wildman–Crippen MR) is 111 cm³/mol. The van der Waals surface area contributed by atoms with Crippen molar-refractivity contribution in [1.29, 1.82) is 0 Å². The molecular weight excluding hydrogens is 352 g/mol. The van der Waals surface area contributed by atoms with Crippen molar-refractivity contribution in [3.63, 3.8) is 0 Å². The van der Waals surface area contributed by atoms with E-state index in [1.165, 1.54) is 19.3 Å². The Labute approximate surface area is 169 Å². The van der Waals surface area contributed by atoms with Gasteiger partial charge in [0.2, 0.25) is 11.8 Å². The molecule has 1 aliphatic heterocycles. The fraction of sp³-hybridized carbons (Fsp3) is 0.818. The van der Waals surface area contributed by atoms with Crippen LogP contribution in [0.15, 0.2) is 11.1 Å². The Hall–Kier alpha value is -1.40. The van der Waals surface area contributed by atoms with Gasteiger partial charge in [-0.05, 0) is 50.0 Å². The van der Waals surface area contributed by atoms with Gasteiger partial charge in [-0.25, -0.2) is 0 Å².